The quantitative estimate of drug-likeness (QED) is 0.741. The molecule has 3 heteroatoms. The van der Waals surface area contributed by atoms with Crippen LogP contribution < -0.4 is 0 Å². The second-order valence-electron chi connectivity index (χ2n) is 4.67. The van der Waals surface area contributed by atoms with Gasteiger partial charge < -0.3 is 9.47 Å². The van der Waals surface area contributed by atoms with Crippen LogP contribution >= 0.6 is 0 Å². The first-order valence-electron chi connectivity index (χ1n) is 5.97. The average molecular weight is 236 g/mol. The molecule has 1 aromatic rings. The molecule has 1 heterocycles. The Kier molecular flexibility index (Phi) is 3.79. The smallest absolute Gasteiger partial charge is 0.0723 e. The molecule has 1 aliphatic heterocycles. The Morgan fingerprint density at radius 3 is 2.62 bits per heavy atom. The Balaban J connectivity index is 2.13. The standard InChI is InChI=1S/C13H20O2Si/c1-14-10-11-4-6-12(7-5-11)13(16)8-2-3-9-15-13/h4-7H,2-3,8-10H2,1,16H3. The van der Waals surface area contributed by atoms with Gasteiger partial charge in [-0.05, 0) is 30.4 Å². The van der Waals surface area contributed by atoms with Crippen molar-refractivity contribution in [3.63, 3.8) is 0 Å². The Morgan fingerprint density at radius 1 is 1.31 bits per heavy atom. The van der Waals surface area contributed by atoms with Gasteiger partial charge >= 0.3 is 0 Å². The van der Waals surface area contributed by atoms with Gasteiger partial charge in [-0.1, -0.05) is 24.3 Å². The minimum absolute atomic E-state index is 0.0594. The molecular weight excluding hydrogens is 216 g/mol. The Labute approximate surface area is 100 Å². The molecule has 0 saturated carbocycles. The predicted molar refractivity (Wildman–Crippen MR) is 68.6 cm³/mol. The summed E-state index contributed by atoms with van der Waals surface area (Å²) in [6.07, 6.45) is 3.69. The van der Waals surface area contributed by atoms with E-state index in [-0.39, 0.29) is 5.22 Å². The molecule has 2 rings (SSSR count). The molecule has 1 saturated heterocycles. The summed E-state index contributed by atoms with van der Waals surface area (Å²) in [5.41, 5.74) is 2.58. The van der Waals surface area contributed by atoms with Gasteiger partial charge in [-0.15, -0.1) is 0 Å². The van der Waals surface area contributed by atoms with Gasteiger partial charge in [-0.25, -0.2) is 0 Å². The maximum Gasteiger partial charge on any atom is 0.0723 e. The summed E-state index contributed by atoms with van der Waals surface area (Å²) in [6.45, 7) is 1.61. The van der Waals surface area contributed by atoms with Crippen LogP contribution in [0.4, 0.5) is 0 Å². The largest absolute Gasteiger partial charge is 0.380 e. The third-order valence-electron chi connectivity index (χ3n) is 3.34. The van der Waals surface area contributed by atoms with Gasteiger partial charge in [0.2, 0.25) is 0 Å². The second-order valence-corrected chi connectivity index (χ2v) is 6.28. The van der Waals surface area contributed by atoms with E-state index in [2.05, 4.69) is 24.3 Å². The highest BCUT2D eigenvalue weighted by Crippen LogP contribution is 2.32. The molecule has 1 aromatic carbocycles. The van der Waals surface area contributed by atoms with Crippen molar-refractivity contribution in [2.24, 2.45) is 0 Å². The summed E-state index contributed by atoms with van der Waals surface area (Å²) < 4.78 is 11.1. The fraction of sp³-hybridized carbons (Fsp3) is 0.538. The Bertz CT molecular complexity index is 328. The summed E-state index contributed by atoms with van der Waals surface area (Å²) in [6, 6.07) is 8.70. The lowest BCUT2D eigenvalue weighted by Gasteiger charge is -2.34. The number of hydrogen-bond acceptors (Lipinski definition) is 2. The van der Waals surface area contributed by atoms with Crippen LogP contribution in [0, 0.1) is 0 Å². The lowest BCUT2D eigenvalue weighted by Crippen LogP contribution is -2.33. The van der Waals surface area contributed by atoms with Crippen molar-refractivity contribution in [3.8, 4) is 0 Å². The van der Waals surface area contributed by atoms with Crippen LogP contribution in [0.15, 0.2) is 24.3 Å². The first-order valence-corrected chi connectivity index (χ1v) is 6.97. The molecule has 1 fully saturated rings. The van der Waals surface area contributed by atoms with Crippen LogP contribution in [-0.2, 0) is 21.3 Å². The van der Waals surface area contributed by atoms with Crippen LogP contribution in [-0.4, -0.2) is 24.0 Å². The van der Waals surface area contributed by atoms with Crippen LogP contribution in [0.3, 0.4) is 0 Å². The third kappa shape index (κ3) is 2.54. The molecule has 2 nitrogen and oxygen atoms in total. The molecule has 0 radical (unpaired) electrons. The zero-order chi connectivity index (χ0) is 11.4. The third-order valence-corrected chi connectivity index (χ3v) is 4.71. The number of ether oxygens (including phenoxy) is 2. The highest BCUT2D eigenvalue weighted by molar-refractivity contribution is 6.14. The van der Waals surface area contributed by atoms with Gasteiger partial charge in [0.1, 0.15) is 0 Å². The fourth-order valence-corrected chi connectivity index (χ4v) is 3.17. The lowest BCUT2D eigenvalue weighted by molar-refractivity contribution is -0.0210. The number of methoxy groups -OCH3 is 1. The van der Waals surface area contributed by atoms with Gasteiger partial charge in [0.05, 0.1) is 11.8 Å². The van der Waals surface area contributed by atoms with Crippen LogP contribution in [0.1, 0.15) is 30.4 Å². The maximum atomic E-state index is 5.98. The minimum atomic E-state index is 0.0594. The molecule has 88 valence electrons. The molecule has 1 atom stereocenters. The van der Waals surface area contributed by atoms with Crippen molar-refractivity contribution >= 4 is 10.2 Å². The molecule has 1 aliphatic rings. The number of hydrogen-bond donors (Lipinski definition) is 0. The summed E-state index contributed by atoms with van der Waals surface area (Å²) in [5, 5.41) is 0.0594. The van der Waals surface area contributed by atoms with E-state index in [0.29, 0.717) is 6.61 Å². The van der Waals surface area contributed by atoms with Crippen molar-refractivity contribution in [2.75, 3.05) is 13.7 Å². The van der Waals surface area contributed by atoms with Crippen molar-refractivity contribution < 1.29 is 9.47 Å². The normalized spacial score (nSPS) is 25.8. The second kappa shape index (κ2) is 5.12. The highest BCUT2D eigenvalue weighted by Gasteiger charge is 2.29. The minimum Gasteiger partial charge on any atom is -0.380 e. The van der Waals surface area contributed by atoms with Gasteiger partial charge in [0.25, 0.3) is 0 Å². The zero-order valence-corrected chi connectivity index (χ0v) is 12.2. The van der Waals surface area contributed by atoms with Gasteiger partial charge in [-0.2, -0.15) is 0 Å². The zero-order valence-electron chi connectivity index (χ0n) is 10.2. The topological polar surface area (TPSA) is 18.5 Å². The molecule has 0 N–H and O–H groups in total. The Hall–Kier alpha value is -0.643. The van der Waals surface area contributed by atoms with Crippen molar-refractivity contribution in [3.05, 3.63) is 35.4 Å². The predicted octanol–water partition coefficient (Wildman–Crippen LogP) is 1.55. The monoisotopic (exact) mass is 236 g/mol. The van der Waals surface area contributed by atoms with E-state index in [9.17, 15) is 0 Å². The summed E-state index contributed by atoms with van der Waals surface area (Å²) in [5.74, 6) is 0. The first kappa shape index (κ1) is 11.8. The van der Waals surface area contributed by atoms with Crippen LogP contribution in [0.5, 0.6) is 0 Å². The molecule has 1 unspecified atom stereocenters. The number of rotatable bonds is 3. The average Bonchev–Trinajstić information content (AvgIpc) is 2.31. The van der Waals surface area contributed by atoms with Gasteiger partial charge in [-0.3, -0.25) is 0 Å². The Morgan fingerprint density at radius 2 is 2.06 bits per heavy atom. The van der Waals surface area contributed by atoms with E-state index < -0.39 is 0 Å². The van der Waals surface area contributed by atoms with E-state index in [1.807, 2.05) is 0 Å². The van der Waals surface area contributed by atoms with E-state index in [1.54, 1.807) is 7.11 Å². The van der Waals surface area contributed by atoms with Crippen LogP contribution in [0.2, 0.25) is 0 Å². The summed E-state index contributed by atoms with van der Waals surface area (Å²) in [7, 11) is 2.79. The first-order chi connectivity index (χ1) is 7.74. The molecule has 0 spiro atoms. The molecule has 16 heavy (non-hydrogen) atoms. The van der Waals surface area contributed by atoms with Crippen molar-refractivity contribution in [1.29, 1.82) is 0 Å². The molecular formula is C13H20O2Si. The van der Waals surface area contributed by atoms with Crippen molar-refractivity contribution in [1.82, 2.24) is 0 Å². The lowest BCUT2D eigenvalue weighted by atomic mass is 9.99. The molecule has 0 aromatic heterocycles. The van der Waals surface area contributed by atoms with Crippen molar-refractivity contribution in [2.45, 2.75) is 31.1 Å². The van der Waals surface area contributed by atoms with E-state index in [1.165, 1.54) is 30.4 Å². The van der Waals surface area contributed by atoms with E-state index in [4.69, 9.17) is 9.47 Å². The molecule has 0 amide bonds. The fourth-order valence-electron chi connectivity index (χ4n) is 2.28. The highest BCUT2D eigenvalue weighted by atomic mass is 28.1. The maximum absolute atomic E-state index is 5.98. The van der Waals surface area contributed by atoms with Gasteiger partial charge in [0, 0.05) is 24.0 Å². The van der Waals surface area contributed by atoms with Gasteiger partial charge in [0.15, 0.2) is 0 Å². The molecule has 0 aliphatic carbocycles. The summed E-state index contributed by atoms with van der Waals surface area (Å²) >= 11 is 0. The van der Waals surface area contributed by atoms with E-state index >= 15 is 0 Å². The van der Waals surface area contributed by atoms with Crippen LogP contribution in [0.25, 0.3) is 0 Å². The summed E-state index contributed by atoms with van der Waals surface area (Å²) in [4.78, 5) is 0. The SMILES string of the molecule is COCc1ccc(C2([SiH3])CCCCO2)cc1. The number of benzene rings is 1. The van der Waals surface area contributed by atoms with E-state index in [0.717, 1.165) is 16.8 Å². The molecule has 0 bridgehead atoms.